The summed E-state index contributed by atoms with van der Waals surface area (Å²) in [5, 5.41) is 3.98. The molecule has 1 saturated carbocycles. The van der Waals surface area contributed by atoms with Crippen molar-refractivity contribution >= 4 is 5.91 Å². The van der Waals surface area contributed by atoms with Crippen LogP contribution in [0.15, 0.2) is 40.9 Å². The Balaban J connectivity index is 1.57. The van der Waals surface area contributed by atoms with Crippen LogP contribution in [0.1, 0.15) is 59.5 Å². The standard InChI is InChI=1S/C17H18N2O2/c20-17(14-11-16(21-18-14)13-8-9-13)19-10-4-7-15(19)12-5-2-1-3-6-12/h1-3,5-6,11,13,15H,4,7-10H2/t15-/m1/s1. The topological polar surface area (TPSA) is 46.3 Å². The van der Waals surface area contributed by atoms with Gasteiger partial charge in [0, 0.05) is 18.5 Å². The van der Waals surface area contributed by atoms with E-state index in [-0.39, 0.29) is 11.9 Å². The maximum absolute atomic E-state index is 12.7. The zero-order chi connectivity index (χ0) is 14.2. The lowest BCUT2D eigenvalue weighted by atomic mass is 10.0. The fourth-order valence-electron chi connectivity index (χ4n) is 3.13. The van der Waals surface area contributed by atoms with Gasteiger partial charge >= 0.3 is 0 Å². The summed E-state index contributed by atoms with van der Waals surface area (Å²) in [5.74, 6) is 1.35. The van der Waals surface area contributed by atoms with Crippen LogP contribution < -0.4 is 0 Å². The van der Waals surface area contributed by atoms with E-state index in [0.717, 1.165) is 38.0 Å². The molecular formula is C17H18N2O2. The zero-order valence-corrected chi connectivity index (χ0v) is 11.9. The van der Waals surface area contributed by atoms with Gasteiger partial charge < -0.3 is 9.42 Å². The zero-order valence-electron chi connectivity index (χ0n) is 11.9. The fraction of sp³-hybridized carbons (Fsp3) is 0.412. The number of likely N-dealkylation sites (tertiary alicyclic amines) is 1. The molecule has 0 bridgehead atoms. The summed E-state index contributed by atoms with van der Waals surface area (Å²) in [5.41, 5.74) is 1.66. The molecule has 108 valence electrons. The minimum absolute atomic E-state index is 0.00277. The largest absolute Gasteiger partial charge is 0.360 e. The van der Waals surface area contributed by atoms with Crippen LogP contribution in [0.25, 0.3) is 0 Å². The second-order valence-corrected chi connectivity index (χ2v) is 5.96. The highest BCUT2D eigenvalue weighted by Crippen LogP contribution is 2.40. The van der Waals surface area contributed by atoms with Crippen LogP contribution in [-0.2, 0) is 0 Å². The van der Waals surface area contributed by atoms with Crippen LogP contribution in [-0.4, -0.2) is 22.5 Å². The Morgan fingerprint density at radius 3 is 2.76 bits per heavy atom. The first-order chi connectivity index (χ1) is 10.3. The van der Waals surface area contributed by atoms with E-state index >= 15 is 0 Å². The van der Waals surface area contributed by atoms with E-state index in [9.17, 15) is 4.79 Å². The molecule has 0 spiro atoms. The van der Waals surface area contributed by atoms with Gasteiger partial charge in [-0.25, -0.2) is 0 Å². The number of carbonyl (C=O) groups excluding carboxylic acids is 1. The van der Waals surface area contributed by atoms with Gasteiger partial charge in [-0.2, -0.15) is 0 Å². The Morgan fingerprint density at radius 2 is 2.00 bits per heavy atom. The molecule has 2 aromatic rings. The monoisotopic (exact) mass is 282 g/mol. The van der Waals surface area contributed by atoms with Crippen molar-refractivity contribution in [3.63, 3.8) is 0 Å². The molecule has 2 fully saturated rings. The van der Waals surface area contributed by atoms with Crippen molar-refractivity contribution in [2.24, 2.45) is 0 Å². The Morgan fingerprint density at radius 1 is 1.19 bits per heavy atom. The van der Waals surface area contributed by atoms with Crippen LogP contribution in [0.5, 0.6) is 0 Å². The summed E-state index contributed by atoms with van der Waals surface area (Å²) in [6.45, 7) is 0.796. The van der Waals surface area contributed by atoms with E-state index in [1.54, 1.807) is 0 Å². The van der Waals surface area contributed by atoms with Crippen molar-refractivity contribution in [1.82, 2.24) is 10.1 Å². The number of nitrogens with zero attached hydrogens (tertiary/aromatic N) is 2. The van der Waals surface area contributed by atoms with Gasteiger partial charge in [0.25, 0.3) is 5.91 Å². The predicted molar refractivity (Wildman–Crippen MR) is 77.9 cm³/mol. The molecule has 2 aliphatic rings. The summed E-state index contributed by atoms with van der Waals surface area (Å²) in [6.07, 6.45) is 4.36. The molecule has 1 atom stereocenters. The summed E-state index contributed by atoms with van der Waals surface area (Å²) in [4.78, 5) is 14.6. The third-order valence-corrected chi connectivity index (χ3v) is 4.43. The van der Waals surface area contributed by atoms with Crippen LogP contribution in [0.3, 0.4) is 0 Å². The van der Waals surface area contributed by atoms with Gasteiger partial charge in [-0.15, -0.1) is 0 Å². The van der Waals surface area contributed by atoms with Crippen LogP contribution >= 0.6 is 0 Å². The van der Waals surface area contributed by atoms with Crippen molar-refractivity contribution in [3.05, 3.63) is 53.4 Å². The van der Waals surface area contributed by atoms with E-state index < -0.39 is 0 Å². The highest BCUT2D eigenvalue weighted by molar-refractivity contribution is 5.92. The summed E-state index contributed by atoms with van der Waals surface area (Å²) in [7, 11) is 0. The maximum Gasteiger partial charge on any atom is 0.276 e. The quantitative estimate of drug-likeness (QED) is 0.865. The molecular weight excluding hydrogens is 264 g/mol. The predicted octanol–water partition coefficient (Wildman–Crippen LogP) is 3.53. The average Bonchev–Trinajstić information content (AvgIpc) is 3.07. The molecule has 1 aromatic heterocycles. The van der Waals surface area contributed by atoms with Crippen molar-refractivity contribution in [2.75, 3.05) is 6.54 Å². The molecule has 4 heteroatoms. The molecule has 2 heterocycles. The van der Waals surface area contributed by atoms with Gasteiger partial charge in [-0.05, 0) is 31.2 Å². The van der Waals surface area contributed by atoms with E-state index in [1.165, 1.54) is 5.56 Å². The Labute approximate surface area is 123 Å². The summed E-state index contributed by atoms with van der Waals surface area (Å²) in [6, 6.07) is 12.2. The van der Waals surface area contributed by atoms with Gasteiger partial charge in [0.15, 0.2) is 5.69 Å². The van der Waals surface area contributed by atoms with Crippen molar-refractivity contribution in [3.8, 4) is 0 Å². The fourth-order valence-corrected chi connectivity index (χ4v) is 3.13. The van der Waals surface area contributed by atoms with E-state index in [0.29, 0.717) is 11.6 Å². The van der Waals surface area contributed by atoms with Crippen molar-refractivity contribution in [2.45, 2.75) is 37.6 Å². The maximum atomic E-state index is 12.7. The number of rotatable bonds is 3. The molecule has 4 rings (SSSR count). The number of carbonyl (C=O) groups is 1. The van der Waals surface area contributed by atoms with Crippen LogP contribution in [0.2, 0.25) is 0 Å². The molecule has 21 heavy (non-hydrogen) atoms. The van der Waals surface area contributed by atoms with Gasteiger partial charge in [-0.3, -0.25) is 4.79 Å². The second kappa shape index (κ2) is 5.02. The third-order valence-electron chi connectivity index (χ3n) is 4.43. The van der Waals surface area contributed by atoms with Gasteiger partial charge in [-0.1, -0.05) is 35.5 Å². The highest BCUT2D eigenvalue weighted by atomic mass is 16.5. The molecule has 1 aliphatic heterocycles. The first-order valence-electron chi connectivity index (χ1n) is 7.65. The minimum Gasteiger partial charge on any atom is -0.360 e. The molecule has 1 amide bonds. The lowest BCUT2D eigenvalue weighted by molar-refractivity contribution is 0.0725. The number of hydrogen-bond acceptors (Lipinski definition) is 3. The summed E-state index contributed by atoms with van der Waals surface area (Å²) >= 11 is 0. The molecule has 4 nitrogen and oxygen atoms in total. The SMILES string of the molecule is O=C(c1cc(C2CC2)on1)N1CCC[C@@H]1c1ccccc1. The highest BCUT2D eigenvalue weighted by Gasteiger charge is 2.34. The molecule has 0 radical (unpaired) electrons. The van der Waals surface area contributed by atoms with Crippen molar-refractivity contribution < 1.29 is 9.32 Å². The number of benzene rings is 1. The average molecular weight is 282 g/mol. The van der Waals surface area contributed by atoms with Crippen LogP contribution in [0.4, 0.5) is 0 Å². The Bertz CT molecular complexity index is 646. The Hall–Kier alpha value is -2.10. The number of hydrogen-bond donors (Lipinski definition) is 0. The third kappa shape index (κ3) is 2.35. The molecule has 1 aromatic carbocycles. The van der Waals surface area contributed by atoms with Gasteiger partial charge in [0.2, 0.25) is 0 Å². The Kier molecular flexibility index (Phi) is 3.02. The lowest BCUT2D eigenvalue weighted by Gasteiger charge is -2.24. The summed E-state index contributed by atoms with van der Waals surface area (Å²) < 4.78 is 5.31. The molecule has 1 aliphatic carbocycles. The first-order valence-corrected chi connectivity index (χ1v) is 7.65. The molecule has 0 unspecified atom stereocenters. The van der Waals surface area contributed by atoms with Gasteiger partial charge in [0.1, 0.15) is 5.76 Å². The van der Waals surface area contributed by atoms with E-state index in [2.05, 4.69) is 17.3 Å². The molecule has 0 N–H and O–H groups in total. The van der Waals surface area contributed by atoms with Gasteiger partial charge in [0.05, 0.1) is 6.04 Å². The smallest absolute Gasteiger partial charge is 0.276 e. The minimum atomic E-state index is -0.00277. The van der Waals surface area contributed by atoms with Crippen LogP contribution in [0, 0.1) is 0 Å². The molecule has 1 saturated heterocycles. The normalized spacial score (nSPS) is 21.7. The number of amides is 1. The van der Waals surface area contributed by atoms with E-state index in [4.69, 9.17) is 4.52 Å². The second-order valence-electron chi connectivity index (χ2n) is 5.96. The van der Waals surface area contributed by atoms with Crippen molar-refractivity contribution in [1.29, 1.82) is 0 Å². The lowest BCUT2D eigenvalue weighted by Crippen LogP contribution is -2.30. The first kappa shape index (κ1) is 12.6. The van der Waals surface area contributed by atoms with E-state index in [1.807, 2.05) is 29.2 Å². The number of aromatic nitrogens is 1.